The van der Waals surface area contributed by atoms with Gasteiger partial charge in [0.2, 0.25) is 0 Å². The van der Waals surface area contributed by atoms with Crippen molar-refractivity contribution in [2.45, 2.75) is 39.3 Å². The van der Waals surface area contributed by atoms with E-state index in [0.717, 1.165) is 47.5 Å². The molecule has 0 aliphatic carbocycles. The molecule has 0 amide bonds. The molecule has 0 spiro atoms. The van der Waals surface area contributed by atoms with Crippen molar-refractivity contribution in [2.24, 2.45) is 0 Å². The first-order valence-corrected chi connectivity index (χ1v) is 8.78. The van der Waals surface area contributed by atoms with E-state index in [1.165, 1.54) is 12.0 Å². The topological polar surface area (TPSA) is 52.8 Å². The summed E-state index contributed by atoms with van der Waals surface area (Å²) in [5.74, 6) is 0. The number of ether oxygens (including phenoxy) is 1. The van der Waals surface area contributed by atoms with E-state index in [4.69, 9.17) is 4.74 Å². The molecule has 1 aliphatic heterocycles. The van der Waals surface area contributed by atoms with Gasteiger partial charge in [0.15, 0.2) is 0 Å². The molecule has 1 aromatic carbocycles. The summed E-state index contributed by atoms with van der Waals surface area (Å²) < 4.78 is 7.76. The molecule has 1 aliphatic rings. The third-order valence-corrected chi connectivity index (χ3v) is 4.69. The summed E-state index contributed by atoms with van der Waals surface area (Å²) >= 11 is 0. The summed E-state index contributed by atoms with van der Waals surface area (Å²) in [6.07, 6.45) is 7.45. The summed E-state index contributed by atoms with van der Waals surface area (Å²) in [4.78, 5) is 0. The summed E-state index contributed by atoms with van der Waals surface area (Å²) in [6.45, 7) is 4.88. The Bertz CT molecular complexity index is 864. The van der Waals surface area contributed by atoms with Crippen LogP contribution in [0.1, 0.15) is 36.7 Å². The Hall–Kier alpha value is -2.53. The summed E-state index contributed by atoms with van der Waals surface area (Å²) in [5, 5.41) is 13.0. The van der Waals surface area contributed by atoms with Crippen LogP contribution >= 0.6 is 0 Å². The largest absolute Gasteiger partial charge is 0.357 e. The number of rotatable bonds is 3. The van der Waals surface area contributed by atoms with Gasteiger partial charge in [-0.1, -0.05) is 18.2 Å². The van der Waals surface area contributed by atoms with Gasteiger partial charge in [-0.2, -0.15) is 15.3 Å². The molecule has 0 bridgehead atoms. The van der Waals surface area contributed by atoms with Gasteiger partial charge in [-0.3, -0.25) is 0 Å². The highest BCUT2D eigenvalue weighted by Gasteiger charge is 2.17. The molecule has 0 saturated carbocycles. The highest BCUT2D eigenvalue weighted by molar-refractivity contribution is 5.71. The highest BCUT2D eigenvalue weighted by atomic mass is 16.5. The molecule has 5 nitrogen and oxygen atoms in total. The zero-order chi connectivity index (χ0) is 17.2. The molecular formula is C20H22N4O. The van der Waals surface area contributed by atoms with Crippen molar-refractivity contribution < 1.29 is 4.74 Å². The lowest BCUT2D eigenvalue weighted by Crippen LogP contribution is -2.18. The van der Waals surface area contributed by atoms with Crippen LogP contribution in [-0.2, 0) is 4.74 Å². The fraction of sp³-hybridized carbons (Fsp3) is 0.350. The number of nitrogens with zero attached hydrogens (tertiary/aromatic N) is 4. The van der Waals surface area contributed by atoms with E-state index in [-0.39, 0.29) is 6.23 Å². The minimum atomic E-state index is 0.0747. The van der Waals surface area contributed by atoms with Crippen LogP contribution in [0.5, 0.6) is 0 Å². The molecule has 128 valence electrons. The SMILES string of the molecule is Cc1ccc(-c2ccc(-c3cnn(C4CCCCO4)c3)cc2C)nn1. The maximum atomic E-state index is 5.81. The fourth-order valence-corrected chi connectivity index (χ4v) is 3.25. The van der Waals surface area contributed by atoms with Crippen molar-refractivity contribution in [3.63, 3.8) is 0 Å². The van der Waals surface area contributed by atoms with Gasteiger partial charge < -0.3 is 4.74 Å². The van der Waals surface area contributed by atoms with Crippen molar-refractivity contribution in [1.82, 2.24) is 20.0 Å². The van der Waals surface area contributed by atoms with Gasteiger partial charge in [-0.25, -0.2) is 4.68 Å². The molecule has 2 aromatic heterocycles. The van der Waals surface area contributed by atoms with E-state index in [2.05, 4.69) is 46.6 Å². The third kappa shape index (κ3) is 3.33. The van der Waals surface area contributed by atoms with Crippen molar-refractivity contribution in [3.8, 4) is 22.4 Å². The van der Waals surface area contributed by atoms with Crippen LogP contribution < -0.4 is 0 Å². The van der Waals surface area contributed by atoms with Crippen LogP contribution in [-0.4, -0.2) is 26.6 Å². The molecule has 0 N–H and O–H groups in total. The van der Waals surface area contributed by atoms with Crippen molar-refractivity contribution in [2.75, 3.05) is 6.61 Å². The molecule has 4 rings (SSSR count). The smallest absolute Gasteiger partial charge is 0.150 e. The monoisotopic (exact) mass is 334 g/mol. The van der Waals surface area contributed by atoms with Gasteiger partial charge in [0.1, 0.15) is 6.23 Å². The molecule has 0 radical (unpaired) electrons. The zero-order valence-electron chi connectivity index (χ0n) is 14.6. The minimum Gasteiger partial charge on any atom is -0.357 e. The quantitative estimate of drug-likeness (QED) is 0.715. The number of benzene rings is 1. The lowest BCUT2D eigenvalue weighted by atomic mass is 10.00. The van der Waals surface area contributed by atoms with Gasteiger partial charge in [-0.15, -0.1) is 0 Å². The Kier molecular flexibility index (Phi) is 4.32. The molecule has 3 heterocycles. The lowest BCUT2D eigenvalue weighted by molar-refractivity contribution is -0.0394. The summed E-state index contributed by atoms with van der Waals surface area (Å²) in [7, 11) is 0. The maximum Gasteiger partial charge on any atom is 0.150 e. The molecular weight excluding hydrogens is 312 g/mol. The average molecular weight is 334 g/mol. The highest BCUT2D eigenvalue weighted by Crippen LogP contribution is 2.29. The predicted molar refractivity (Wildman–Crippen MR) is 97.0 cm³/mol. The predicted octanol–water partition coefficient (Wildman–Crippen LogP) is 4.32. The van der Waals surface area contributed by atoms with Crippen molar-refractivity contribution in [1.29, 1.82) is 0 Å². The number of aryl methyl sites for hydroxylation is 2. The van der Waals surface area contributed by atoms with Crippen molar-refractivity contribution in [3.05, 3.63) is 54.0 Å². The van der Waals surface area contributed by atoms with Gasteiger partial charge in [0, 0.05) is 23.9 Å². The summed E-state index contributed by atoms with van der Waals surface area (Å²) in [5.41, 5.74) is 6.38. The second-order valence-electron chi connectivity index (χ2n) is 6.62. The van der Waals surface area contributed by atoms with Crippen LogP contribution in [0.25, 0.3) is 22.4 Å². The van der Waals surface area contributed by atoms with Crippen LogP contribution in [0.15, 0.2) is 42.7 Å². The summed E-state index contributed by atoms with van der Waals surface area (Å²) in [6, 6.07) is 10.4. The Balaban J connectivity index is 1.60. The first-order valence-electron chi connectivity index (χ1n) is 8.78. The fourth-order valence-electron chi connectivity index (χ4n) is 3.25. The Morgan fingerprint density at radius 1 is 1.04 bits per heavy atom. The number of hydrogen-bond acceptors (Lipinski definition) is 4. The van der Waals surface area contributed by atoms with Crippen LogP contribution in [0.2, 0.25) is 0 Å². The number of hydrogen-bond donors (Lipinski definition) is 0. The average Bonchev–Trinajstić information content (AvgIpc) is 3.13. The van der Waals surface area contributed by atoms with E-state index in [9.17, 15) is 0 Å². The molecule has 25 heavy (non-hydrogen) atoms. The van der Waals surface area contributed by atoms with E-state index >= 15 is 0 Å². The van der Waals surface area contributed by atoms with Gasteiger partial charge in [-0.05, 0) is 56.4 Å². The van der Waals surface area contributed by atoms with Crippen molar-refractivity contribution >= 4 is 0 Å². The first-order chi connectivity index (χ1) is 12.2. The Labute approximate surface area is 147 Å². The molecule has 1 saturated heterocycles. The maximum absolute atomic E-state index is 5.81. The second kappa shape index (κ2) is 6.76. The van der Waals surface area contributed by atoms with Gasteiger partial charge in [0.25, 0.3) is 0 Å². The second-order valence-corrected chi connectivity index (χ2v) is 6.62. The molecule has 1 atom stereocenters. The molecule has 1 unspecified atom stereocenters. The van der Waals surface area contributed by atoms with E-state index < -0.39 is 0 Å². The van der Waals surface area contributed by atoms with Gasteiger partial charge in [0.05, 0.1) is 17.6 Å². The van der Waals surface area contributed by atoms with E-state index in [0.29, 0.717) is 0 Å². The van der Waals surface area contributed by atoms with Gasteiger partial charge >= 0.3 is 0 Å². The van der Waals surface area contributed by atoms with Crippen LogP contribution in [0.4, 0.5) is 0 Å². The Morgan fingerprint density at radius 2 is 1.96 bits per heavy atom. The lowest BCUT2D eigenvalue weighted by Gasteiger charge is -2.22. The van der Waals surface area contributed by atoms with E-state index in [1.54, 1.807) is 0 Å². The number of aromatic nitrogens is 4. The first kappa shape index (κ1) is 16.0. The van der Waals surface area contributed by atoms with Crippen LogP contribution in [0.3, 0.4) is 0 Å². The Morgan fingerprint density at radius 3 is 2.68 bits per heavy atom. The molecule has 3 aromatic rings. The molecule has 1 fully saturated rings. The normalized spacial score (nSPS) is 17.6. The van der Waals surface area contributed by atoms with Crippen LogP contribution in [0, 0.1) is 13.8 Å². The minimum absolute atomic E-state index is 0.0747. The van der Waals surface area contributed by atoms with E-state index in [1.807, 2.05) is 29.9 Å². The zero-order valence-corrected chi connectivity index (χ0v) is 14.6. The third-order valence-electron chi connectivity index (χ3n) is 4.69. The standard InChI is InChI=1S/C20H22N4O/c1-14-11-16(7-8-18(14)19-9-6-15(2)22-23-19)17-12-21-24(13-17)20-5-3-4-10-25-20/h6-9,11-13,20H,3-5,10H2,1-2H3. The molecule has 5 heteroatoms.